The predicted octanol–water partition coefficient (Wildman–Crippen LogP) is 2.00. The lowest BCUT2D eigenvalue weighted by Crippen LogP contribution is -2.53. The molecule has 1 aromatic carbocycles. The van der Waals surface area contributed by atoms with Gasteiger partial charge in [0.25, 0.3) is 0 Å². The van der Waals surface area contributed by atoms with E-state index < -0.39 is 0 Å². The minimum atomic E-state index is -0.125. The Morgan fingerprint density at radius 2 is 1.79 bits per heavy atom. The number of carbonyl (C=O) groups is 1. The van der Waals surface area contributed by atoms with Crippen molar-refractivity contribution in [3.63, 3.8) is 0 Å². The number of para-hydroxylation sites is 1. The van der Waals surface area contributed by atoms with Crippen molar-refractivity contribution in [1.82, 2.24) is 15.8 Å². The normalized spacial score (nSPS) is 24.3. The summed E-state index contributed by atoms with van der Waals surface area (Å²) in [5.41, 5.74) is 7.69. The maximum absolute atomic E-state index is 12.8. The number of nitrogens with zero attached hydrogens (tertiary/aromatic N) is 2. The van der Waals surface area contributed by atoms with Gasteiger partial charge in [-0.25, -0.2) is 10.9 Å². The second-order valence-electron chi connectivity index (χ2n) is 6.29. The summed E-state index contributed by atoms with van der Waals surface area (Å²) in [4.78, 5) is 18.4. The summed E-state index contributed by atoms with van der Waals surface area (Å²) in [5.74, 6) is 0.217. The zero-order chi connectivity index (χ0) is 16.4. The highest BCUT2D eigenvalue weighted by molar-refractivity contribution is 7.10. The molecule has 2 N–H and O–H groups in total. The van der Waals surface area contributed by atoms with Crippen molar-refractivity contribution >= 4 is 22.9 Å². The molecule has 2 fully saturated rings. The van der Waals surface area contributed by atoms with Crippen LogP contribution < -0.4 is 15.8 Å². The van der Waals surface area contributed by atoms with Gasteiger partial charge in [-0.15, -0.1) is 11.3 Å². The quantitative estimate of drug-likeness (QED) is 0.896. The van der Waals surface area contributed by atoms with Gasteiger partial charge in [-0.1, -0.05) is 24.3 Å². The van der Waals surface area contributed by atoms with Gasteiger partial charge >= 0.3 is 0 Å². The Kier molecular flexibility index (Phi) is 4.51. The van der Waals surface area contributed by atoms with Crippen molar-refractivity contribution in [2.75, 3.05) is 31.1 Å². The second kappa shape index (κ2) is 6.93. The summed E-state index contributed by atoms with van der Waals surface area (Å²) < 4.78 is 0. The first-order valence-corrected chi connectivity index (χ1v) is 9.32. The number of hydrogen-bond donors (Lipinski definition) is 2. The van der Waals surface area contributed by atoms with Crippen LogP contribution in [0, 0.1) is 0 Å². The Bertz CT molecular complexity index is 668. The average Bonchev–Trinajstić information content (AvgIpc) is 3.33. The summed E-state index contributed by atoms with van der Waals surface area (Å²) in [7, 11) is 0. The highest BCUT2D eigenvalue weighted by atomic mass is 32.1. The van der Waals surface area contributed by atoms with Gasteiger partial charge < -0.3 is 9.80 Å². The van der Waals surface area contributed by atoms with Gasteiger partial charge in [0.15, 0.2) is 0 Å². The molecule has 2 aliphatic heterocycles. The van der Waals surface area contributed by atoms with Gasteiger partial charge in [0.1, 0.15) is 6.04 Å². The number of amides is 1. The van der Waals surface area contributed by atoms with Crippen molar-refractivity contribution in [2.24, 2.45) is 0 Å². The van der Waals surface area contributed by atoms with E-state index in [0.717, 1.165) is 32.6 Å². The van der Waals surface area contributed by atoms with Crippen LogP contribution in [0.4, 0.5) is 5.69 Å². The van der Waals surface area contributed by atoms with Crippen LogP contribution in [-0.2, 0) is 4.79 Å². The molecule has 0 bridgehead atoms. The highest BCUT2D eigenvalue weighted by Gasteiger charge is 2.34. The lowest BCUT2D eigenvalue weighted by atomic mass is 10.1. The van der Waals surface area contributed by atoms with E-state index in [-0.39, 0.29) is 18.0 Å². The van der Waals surface area contributed by atoms with Crippen LogP contribution >= 0.6 is 11.3 Å². The molecule has 6 heteroatoms. The molecule has 0 aliphatic carbocycles. The molecular weight excluding hydrogens is 320 g/mol. The number of rotatable bonds is 3. The van der Waals surface area contributed by atoms with E-state index in [1.807, 2.05) is 11.0 Å². The molecular formula is C18H22N4OS. The van der Waals surface area contributed by atoms with E-state index in [2.05, 4.69) is 57.5 Å². The van der Waals surface area contributed by atoms with Crippen LogP contribution in [-0.4, -0.2) is 43.0 Å². The Morgan fingerprint density at radius 3 is 2.50 bits per heavy atom. The zero-order valence-electron chi connectivity index (χ0n) is 13.5. The molecule has 5 nitrogen and oxygen atoms in total. The summed E-state index contributed by atoms with van der Waals surface area (Å²) in [5, 5.41) is 2.08. The smallest absolute Gasteiger partial charge is 0.241 e. The molecule has 1 aromatic heterocycles. The molecule has 2 aromatic rings. The standard InChI is InChI=1S/C18H22N4OS/c23-18(16-13-15(19-20-16)17-7-4-12-24-17)22-10-8-21(9-11-22)14-5-2-1-3-6-14/h1-7,12,15-16,19-20H,8-11,13H2. The highest BCUT2D eigenvalue weighted by Crippen LogP contribution is 2.27. The number of hydrazine groups is 1. The van der Waals surface area contributed by atoms with Crippen molar-refractivity contribution in [1.29, 1.82) is 0 Å². The summed E-state index contributed by atoms with van der Waals surface area (Å²) in [6.07, 6.45) is 0.818. The number of hydrogen-bond acceptors (Lipinski definition) is 5. The first-order chi connectivity index (χ1) is 11.8. The number of thiophene rings is 1. The van der Waals surface area contributed by atoms with Gasteiger partial charge in [-0.2, -0.15) is 0 Å². The van der Waals surface area contributed by atoms with E-state index >= 15 is 0 Å². The molecule has 4 rings (SSSR count). The van der Waals surface area contributed by atoms with Crippen LogP contribution in [0.1, 0.15) is 17.3 Å². The van der Waals surface area contributed by atoms with Gasteiger partial charge in [0.2, 0.25) is 5.91 Å². The minimum Gasteiger partial charge on any atom is -0.368 e. The number of anilines is 1. The van der Waals surface area contributed by atoms with E-state index in [4.69, 9.17) is 0 Å². The van der Waals surface area contributed by atoms with E-state index in [9.17, 15) is 4.79 Å². The van der Waals surface area contributed by atoms with E-state index in [0.29, 0.717) is 0 Å². The fourth-order valence-corrected chi connectivity index (χ4v) is 4.23. The Labute approximate surface area is 146 Å². The Hall–Kier alpha value is -1.89. The first-order valence-electron chi connectivity index (χ1n) is 8.44. The van der Waals surface area contributed by atoms with Crippen LogP contribution in [0.2, 0.25) is 0 Å². The Balaban J connectivity index is 1.32. The molecule has 1 amide bonds. The predicted molar refractivity (Wildman–Crippen MR) is 97.0 cm³/mol. The van der Waals surface area contributed by atoms with Crippen molar-refractivity contribution in [3.05, 3.63) is 52.7 Å². The molecule has 2 atom stereocenters. The van der Waals surface area contributed by atoms with E-state index in [1.54, 1.807) is 11.3 Å². The number of nitrogens with one attached hydrogen (secondary N) is 2. The largest absolute Gasteiger partial charge is 0.368 e. The topological polar surface area (TPSA) is 47.6 Å². The van der Waals surface area contributed by atoms with Gasteiger partial charge in [0.05, 0.1) is 6.04 Å². The van der Waals surface area contributed by atoms with Crippen LogP contribution in [0.3, 0.4) is 0 Å². The number of benzene rings is 1. The van der Waals surface area contributed by atoms with Gasteiger partial charge in [0, 0.05) is 36.7 Å². The molecule has 2 saturated heterocycles. The summed E-state index contributed by atoms with van der Waals surface area (Å²) >= 11 is 1.73. The van der Waals surface area contributed by atoms with Crippen molar-refractivity contribution < 1.29 is 4.79 Å². The molecule has 24 heavy (non-hydrogen) atoms. The van der Waals surface area contributed by atoms with Gasteiger partial charge in [-0.05, 0) is 30.0 Å². The fourth-order valence-electron chi connectivity index (χ4n) is 3.44. The molecule has 2 unspecified atom stereocenters. The van der Waals surface area contributed by atoms with Gasteiger partial charge in [-0.3, -0.25) is 4.79 Å². The zero-order valence-corrected chi connectivity index (χ0v) is 14.3. The third kappa shape index (κ3) is 3.17. The lowest BCUT2D eigenvalue weighted by molar-refractivity contribution is -0.133. The third-order valence-electron chi connectivity index (χ3n) is 4.80. The molecule has 0 radical (unpaired) electrons. The van der Waals surface area contributed by atoms with Crippen LogP contribution in [0.25, 0.3) is 0 Å². The first kappa shape index (κ1) is 15.6. The number of carbonyl (C=O) groups excluding carboxylic acids is 1. The van der Waals surface area contributed by atoms with Crippen LogP contribution in [0.5, 0.6) is 0 Å². The minimum absolute atomic E-state index is 0.125. The third-order valence-corrected chi connectivity index (χ3v) is 5.79. The summed E-state index contributed by atoms with van der Waals surface area (Å²) in [6, 6.07) is 14.7. The fraction of sp³-hybridized carbons (Fsp3) is 0.389. The molecule has 0 spiro atoms. The monoisotopic (exact) mass is 342 g/mol. The second-order valence-corrected chi connectivity index (χ2v) is 7.27. The van der Waals surface area contributed by atoms with Crippen molar-refractivity contribution in [3.8, 4) is 0 Å². The summed E-state index contributed by atoms with van der Waals surface area (Å²) in [6.45, 7) is 3.36. The Morgan fingerprint density at radius 1 is 1.00 bits per heavy atom. The van der Waals surface area contributed by atoms with Crippen LogP contribution in [0.15, 0.2) is 47.8 Å². The maximum atomic E-state index is 12.8. The molecule has 2 aliphatic rings. The molecule has 0 saturated carbocycles. The maximum Gasteiger partial charge on any atom is 0.241 e. The SMILES string of the molecule is O=C(C1CC(c2cccs2)NN1)N1CCN(c2ccccc2)CC1. The lowest BCUT2D eigenvalue weighted by Gasteiger charge is -2.37. The molecule has 126 valence electrons. The van der Waals surface area contributed by atoms with E-state index in [1.165, 1.54) is 10.6 Å². The van der Waals surface area contributed by atoms with Crippen molar-refractivity contribution in [2.45, 2.75) is 18.5 Å². The molecule has 3 heterocycles. The number of piperazine rings is 1. The average molecular weight is 342 g/mol.